The fourth-order valence-electron chi connectivity index (χ4n) is 4.06. The van der Waals surface area contributed by atoms with Gasteiger partial charge in [-0.25, -0.2) is 0 Å². The van der Waals surface area contributed by atoms with Crippen LogP contribution in [0.3, 0.4) is 0 Å². The molecule has 1 amide bonds. The first-order valence-electron chi connectivity index (χ1n) is 10.2. The molecule has 3 nitrogen and oxygen atoms in total. The maximum Gasteiger partial charge on any atom is 0.223 e. The van der Waals surface area contributed by atoms with Gasteiger partial charge in [-0.05, 0) is 63.3 Å². The summed E-state index contributed by atoms with van der Waals surface area (Å²) in [7, 11) is 0. The van der Waals surface area contributed by atoms with E-state index in [4.69, 9.17) is 0 Å². The van der Waals surface area contributed by atoms with E-state index in [1.165, 1.54) is 27.9 Å². The minimum absolute atomic E-state index is 0.105. The molecular formula is C24H32N2O. The Bertz CT molecular complexity index is 773. The van der Waals surface area contributed by atoms with Crippen LogP contribution in [0.5, 0.6) is 0 Å². The zero-order valence-electron chi connectivity index (χ0n) is 17.1. The normalized spacial score (nSPS) is 16.2. The van der Waals surface area contributed by atoms with Crippen LogP contribution in [0.1, 0.15) is 54.5 Å². The van der Waals surface area contributed by atoms with E-state index in [1.807, 2.05) is 0 Å². The Kier molecular flexibility index (Phi) is 6.20. The molecule has 1 aliphatic rings. The Labute approximate surface area is 163 Å². The smallest absolute Gasteiger partial charge is 0.223 e. The number of aryl methyl sites for hydroxylation is 3. The SMILES string of the molecule is CC[C@H](NC(=O)C1CCN(c2ccc(C)cc2)CC1)c1ccc(C)cc1C. The van der Waals surface area contributed by atoms with Gasteiger partial charge in [-0.3, -0.25) is 4.79 Å². The predicted octanol–water partition coefficient (Wildman–Crippen LogP) is 5.10. The molecule has 0 aliphatic carbocycles. The summed E-state index contributed by atoms with van der Waals surface area (Å²) in [4.78, 5) is 15.3. The standard InChI is InChI=1S/C24H32N2O/c1-5-23(22-11-8-18(3)16-19(22)4)25-24(27)20-12-14-26(15-13-20)21-9-6-17(2)7-10-21/h6-11,16,20,23H,5,12-15H2,1-4H3,(H,25,27)/t23-/m0/s1. The van der Waals surface area contributed by atoms with Crippen molar-refractivity contribution in [2.75, 3.05) is 18.0 Å². The lowest BCUT2D eigenvalue weighted by Gasteiger charge is -2.34. The molecule has 1 atom stereocenters. The summed E-state index contributed by atoms with van der Waals surface area (Å²) in [5.74, 6) is 0.330. The van der Waals surface area contributed by atoms with E-state index in [1.54, 1.807) is 0 Å². The molecule has 0 unspecified atom stereocenters. The van der Waals surface area contributed by atoms with Crippen LogP contribution < -0.4 is 10.2 Å². The molecule has 27 heavy (non-hydrogen) atoms. The summed E-state index contributed by atoms with van der Waals surface area (Å²) < 4.78 is 0. The Morgan fingerprint density at radius 1 is 1.04 bits per heavy atom. The van der Waals surface area contributed by atoms with Crippen molar-refractivity contribution in [2.24, 2.45) is 5.92 Å². The highest BCUT2D eigenvalue weighted by atomic mass is 16.1. The predicted molar refractivity (Wildman–Crippen MR) is 113 cm³/mol. The van der Waals surface area contributed by atoms with Crippen LogP contribution in [0, 0.1) is 26.7 Å². The third-order valence-electron chi connectivity index (χ3n) is 5.79. The maximum atomic E-state index is 12.9. The number of hydrogen-bond acceptors (Lipinski definition) is 2. The lowest BCUT2D eigenvalue weighted by molar-refractivity contribution is -0.126. The molecule has 3 rings (SSSR count). The van der Waals surface area contributed by atoms with Crippen LogP contribution in [0.2, 0.25) is 0 Å². The zero-order valence-corrected chi connectivity index (χ0v) is 17.1. The molecule has 2 aromatic rings. The molecule has 3 heteroatoms. The summed E-state index contributed by atoms with van der Waals surface area (Å²) in [5.41, 5.74) is 6.32. The fourth-order valence-corrected chi connectivity index (χ4v) is 4.06. The van der Waals surface area contributed by atoms with Gasteiger partial charge in [0.2, 0.25) is 5.91 Å². The Hall–Kier alpha value is -2.29. The quantitative estimate of drug-likeness (QED) is 0.801. The van der Waals surface area contributed by atoms with Crippen LogP contribution in [0.15, 0.2) is 42.5 Å². The highest BCUT2D eigenvalue weighted by molar-refractivity contribution is 5.79. The minimum Gasteiger partial charge on any atom is -0.371 e. The van der Waals surface area contributed by atoms with E-state index >= 15 is 0 Å². The molecular weight excluding hydrogens is 332 g/mol. The molecule has 1 saturated heterocycles. The van der Waals surface area contributed by atoms with E-state index in [0.29, 0.717) is 0 Å². The molecule has 1 heterocycles. The van der Waals surface area contributed by atoms with Gasteiger partial charge in [0.1, 0.15) is 0 Å². The highest BCUT2D eigenvalue weighted by Crippen LogP contribution is 2.26. The molecule has 1 aliphatic heterocycles. The van der Waals surface area contributed by atoms with Crippen molar-refractivity contribution in [1.29, 1.82) is 0 Å². The van der Waals surface area contributed by atoms with E-state index in [2.05, 4.69) is 80.4 Å². The average molecular weight is 365 g/mol. The molecule has 1 N–H and O–H groups in total. The maximum absolute atomic E-state index is 12.9. The van der Waals surface area contributed by atoms with E-state index in [-0.39, 0.29) is 17.9 Å². The van der Waals surface area contributed by atoms with Gasteiger partial charge in [-0.2, -0.15) is 0 Å². The van der Waals surface area contributed by atoms with E-state index in [9.17, 15) is 4.79 Å². The van der Waals surface area contributed by atoms with Crippen molar-refractivity contribution >= 4 is 11.6 Å². The summed E-state index contributed by atoms with van der Waals surface area (Å²) in [6.45, 7) is 10.4. The van der Waals surface area contributed by atoms with Gasteiger partial charge in [-0.1, -0.05) is 48.4 Å². The third-order valence-corrected chi connectivity index (χ3v) is 5.79. The van der Waals surface area contributed by atoms with Crippen molar-refractivity contribution in [2.45, 2.75) is 53.0 Å². The van der Waals surface area contributed by atoms with Crippen LogP contribution in [0.4, 0.5) is 5.69 Å². The van der Waals surface area contributed by atoms with Gasteiger partial charge >= 0.3 is 0 Å². The first kappa shape index (κ1) is 19.5. The topological polar surface area (TPSA) is 32.3 Å². The lowest BCUT2D eigenvalue weighted by atomic mass is 9.93. The molecule has 0 saturated carbocycles. The second-order valence-electron chi connectivity index (χ2n) is 7.93. The second kappa shape index (κ2) is 8.60. The van der Waals surface area contributed by atoms with Crippen LogP contribution in [-0.4, -0.2) is 19.0 Å². The monoisotopic (exact) mass is 364 g/mol. The highest BCUT2D eigenvalue weighted by Gasteiger charge is 2.27. The lowest BCUT2D eigenvalue weighted by Crippen LogP contribution is -2.41. The molecule has 2 aromatic carbocycles. The summed E-state index contributed by atoms with van der Waals surface area (Å²) in [5, 5.41) is 3.32. The number of hydrogen-bond donors (Lipinski definition) is 1. The minimum atomic E-state index is 0.105. The van der Waals surface area contributed by atoms with Gasteiger partial charge in [0.05, 0.1) is 6.04 Å². The number of rotatable bonds is 5. The summed E-state index contributed by atoms with van der Waals surface area (Å²) >= 11 is 0. The number of carbonyl (C=O) groups excluding carboxylic acids is 1. The van der Waals surface area contributed by atoms with Crippen LogP contribution >= 0.6 is 0 Å². The van der Waals surface area contributed by atoms with Crippen LogP contribution in [0.25, 0.3) is 0 Å². The number of anilines is 1. The first-order chi connectivity index (χ1) is 13.0. The molecule has 0 spiro atoms. The Morgan fingerprint density at radius 3 is 2.26 bits per heavy atom. The van der Waals surface area contributed by atoms with Gasteiger partial charge in [-0.15, -0.1) is 0 Å². The zero-order chi connectivity index (χ0) is 19.4. The van der Waals surface area contributed by atoms with Gasteiger partial charge in [0.25, 0.3) is 0 Å². The van der Waals surface area contributed by atoms with Crippen molar-refractivity contribution < 1.29 is 4.79 Å². The number of carbonyl (C=O) groups is 1. The number of amides is 1. The third kappa shape index (κ3) is 4.71. The van der Waals surface area contributed by atoms with E-state index in [0.717, 1.165) is 32.4 Å². The van der Waals surface area contributed by atoms with Gasteiger partial charge in [0, 0.05) is 24.7 Å². The Balaban J connectivity index is 1.59. The van der Waals surface area contributed by atoms with Crippen LogP contribution in [-0.2, 0) is 4.79 Å². The molecule has 1 fully saturated rings. The van der Waals surface area contributed by atoms with Crippen molar-refractivity contribution in [3.63, 3.8) is 0 Å². The number of piperidine rings is 1. The number of nitrogens with zero attached hydrogens (tertiary/aromatic N) is 1. The van der Waals surface area contributed by atoms with Crippen molar-refractivity contribution in [3.05, 3.63) is 64.7 Å². The summed E-state index contributed by atoms with van der Waals surface area (Å²) in [6, 6.07) is 15.3. The number of nitrogens with one attached hydrogen (secondary N) is 1. The Morgan fingerprint density at radius 2 is 1.67 bits per heavy atom. The molecule has 0 bridgehead atoms. The van der Waals surface area contributed by atoms with Gasteiger partial charge < -0.3 is 10.2 Å². The molecule has 144 valence electrons. The van der Waals surface area contributed by atoms with Crippen molar-refractivity contribution in [1.82, 2.24) is 5.32 Å². The summed E-state index contributed by atoms with van der Waals surface area (Å²) in [6.07, 6.45) is 2.75. The first-order valence-corrected chi connectivity index (χ1v) is 10.2. The van der Waals surface area contributed by atoms with E-state index < -0.39 is 0 Å². The second-order valence-corrected chi connectivity index (χ2v) is 7.93. The fraction of sp³-hybridized carbons (Fsp3) is 0.458. The molecule has 0 radical (unpaired) electrons. The number of benzene rings is 2. The van der Waals surface area contributed by atoms with Crippen molar-refractivity contribution in [3.8, 4) is 0 Å². The largest absolute Gasteiger partial charge is 0.371 e. The van der Waals surface area contributed by atoms with Gasteiger partial charge in [0.15, 0.2) is 0 Å². The average Bonchev–Trinajstić information content (AvgIpc) is 2.67. The molecule has 0 aromatic heterocycles.